The summed E-state index contributed by atoms with van der Waals surface area (Å²) in [6, 6.07) is 7.82. The van der Waals surface area contributed by atoms with Gasteiger partial charge in [-0.2, -0.15) is 5.26 Å². The topological polar surface area (TPSA) is 47.9 Å². The zero-order valence-electron chi connectivity index (χ0n) is 6.59. The maximum Gasteiger partial charge on any atom is 0.0991 e. The summed E-state index contributed by atoms with van der Waals surface area (Å²) in [6.07, 6.45) is 0. The van der Waals surface area contributed by atoms with E-state index in [2.05, 4.69) is 16.7 Å². The first-order valence-electron chi connectivity index (χ1n) is 3.88. The number of hydrogen-bond acceptors (Lipinski definition) is 3. The molecule has 1 aromatic carbocycles. The molecule has 2 rings (SSSR count). The third-order valence-electron chi connectivity index (χ3n) is 1.95. The number of rotatable bonds is 0. The van der Waals surface area contributed by atoms with Gasteiger partial charge in [-0.1, -0.05) is 0 Å². The quantitative estimate of drug-likeness (QED) is 0.594. The summed E-state index contributed by atoms with van der Waals surface area (Å²) in [7, 11) is 0. The molecule has 1 aromatic rings. The molecule has 0 fully saturated rings. The number of fused-ring (bicyclic) bond motifs is 1. The predicted molar refractivity (Wildman–Crippen MR) is 46.5 cm³/mol. The molecule has 2 N–H and O–H groups in total. The zero-order valence-corrected chi connectivity index (χ0v) is 6.59. The number of anilines is 1. The minimum atomic E-state index is 0.722. The lowest BCUT2D eigenvalue weighted by atomic mass is 10.1. The highest BCUT2D eigenvalue weighted by Crippen LogP contribution is 2.18. The Labute approximate surface area is 71.0 Å². The first-order valence-corrected chi connectivity index (χ1v) is 3.88. The smallest absolute Gasteiger partial charge is 0.0991 e. The van der Waals surface area contributed by atoms with Crippen molar-refractivity contribution in [3.63, 3.8) is 0 Å². The molecule has 0 atom stereocenters. The molecule has 0 unspecified atom stereocenters. The molecule has 3 nitrogen and oxygen atoms in total. The largest absolute Gasteiger partial charge is 0.372 e. The minimum absolute atomic E-state index is 0.722. The molecule has 12 heavy (non-hydrogen) atoms. The Morgan fingerprint density at radius 2 is 2.33 bits per heavy atom. The van der Waals surface area contributed by atoms with Crippen molar-refractivity contribution >= 4 is 5.69 Å². The molecule has 0 radical (unpaired) electrons. The van der Waals surface area contributed by atoms with Crippen LogP contribution < -0.4 is 10.6 Å². The van der Waals surface area contributed by atoms with Crippen LogP contribution in [0.25, 0.3) is 0 Å². The van der Waals surface area contributed by atoms with Crippen LogP contribution in [0.5, 0.6) is 0 Å². The molecule has 0 amide bonds. The molecular formula is C9H9N3. The van der Waals surface area contributed by atoms with E-state index >= 15 is 0 Å². The fourth-order valence-corrected chi connectivity index (χ4v) is 1.34. The van der Waals surface area contributed by atoms with Gasteiger partial charge in [0.25, 0.3) is 0 Å². The van der Waals surface area contributed by atoms with E-state index in [1.54, 1.807) is 0 Å². The number of hydrogen-bond donors (Lipinski definition) is 2. The van der Waals surface area contributed by atoms with Gasteiger partial charge in [0.2, 0.25) is 0 Å². The average Bonchev–Trinajstić information content (AvgIpc) is 2.17. The molecule has 1 heterocycles. The third-order valence-corrected chi connectivity index (χ3v) is 1.95. The molecule has 0 bridgehead atoms. The standard InChI is InChI=1S/C9H9N3/c10-4-7-1-2-9-8(3-7)5-11-6-12-9/h1-3,11-12H,5-6H2. The molecule has 0 aromatic heterocycles. The highest BCUT2D eigenvalue weighted by atomic mass is 15.1. The van der Waals surface area contributed by atoms with Crippen LogP contribution in [0, 0.1) is 11.3 Å². The van der Waals surface area contributed by atoms with Gasteiger partial charge in [-0.05, 0) is 23.8 Å². The van der Waals surface area contributed by atoms with Crippen molar-refractivity contribution < 1.29 is 0 Å². The number of nitriles is 1. The van der Waals surface area contributed by atoms with Crippen LogP contribution in [0.4, 0.5) is 5.69 Å². The normalized spacial score (nSPS) is 14.2. The summed E-state index contributed by atoms with van der Waals surface area (Å²) in [5.74, 6) is 0. The Morgan fingerprint density at radius 1 is 1.42 bits per heavy atom. The molecule has 0 saturated carbocycles. The summed E-state index contributed by atoms with van der Waals surface area (Å²) < 4.78 is 0. The van der Waals surface area contributed by atoms with E-state index in [1.165, 1.54) is 5.56 Å². The SMILES string of the molecule is N#Cc1ccc2c(c1)CNCN2. The molecule has 0 saturated heterocycles. The van der Waals surface area contributed by atoms with E-state index in [9.17, 15) is 0 Å². The molecular weight excluding hydrogens is 150 g/mol. The number of benzene rings is 1. The fraction of sp³-hybridized carbons (Fsp3) is 0.222. The molecule has 60 valence electrons. The summed E-state index contributed by atoms with van der Waals surface area (Å²) in [5, 5.41) is 15.0. The van der Waals surface area contributed by atoms with Gasteiger partial charge in [-0.3, -0.25) is 5.32 Å². The fourth-order valence-electron chi connectivity index (χ4n) is 1.34. The van der Waals surface area contributed by atoms with Gasteiger partial charge >= 0.3 is 0 Å². The van der Waals surface area contributed by atoms with Crippen LogP contribution in [0.2, 0.25) is 0 Å². The van der Waals surface area contributed by atoms with Gasteiger partial charge < -0.3 is 5.32 Å². The van der Waals surface area contributed by atoms with Crippen molar-refractivity contribution in [2.75, 3.05) is 12.0 Å². The highest BCUT2D eigenvalue weighted by molar-refractivity contribution is 5.55. The number of nitrogens with zero attached hydrogens (tertiary/aromatic N) is 1. The molecule has 1 aliphatic heterocycles. The van der Waals surface area contributed by atoms with Crippen LogP contribution in [-0.2, 0) is 6.54 Å². The highest BCUT2D eigenvalue weighted by Gasteiger charge is 2.06. The van der Waals surface area contributed by atoms with Crippen LogP contribution in [0.3, 0.4) is 0 Å². The Kier molecular flexibility index (Phi) is 1.69. The third kappa shape index (κ3) is 1.13. The predicted octanol–water partition coefficient (Wildman–Crippen LogP) is 1.03. The maximum absolute atomic E-state index is 8.65. The first-order chi connectivity index (χ1) is 5.90. The van der Waals surface area contributed by atoms with Crippen molar-refractivity contribution in [3.05, 3.63) is 29.3 Å². The van der Waals surface area contributed by atoms with Gasteiger partial charge in [0.05, 0.1) is 18.3 Å². The minimum Gasteiger partial charge on any atom is -0.372 e. The van der Waals surface area contributed by atoms with Crippen LogP contribution in [0.15, 0.2) is 18.2 Å². The van der Waals surface area contributed by atoms with E-state index < -0.39 is 0 Å². The second-order valence-electron chi connectivity index (χ2n) is 2.76. The van der Waals surface area contributed by atoms with Crippen molar-refractivity contribution in [1.82, 2.24) is 5.32 Å². The number of nitrogens with one attached hydrogen (secondary N) is 2. The molecule has 0 spiro atoms. The van der Waals surface area contributed by atoms with Gasteiger partial charge in [-0.25, -0.2) is 0 Å². The average molecular weight is 159 g/mol. The Morgan fingerprint density at radius 3 is 3.17 bits per heavy atom. The van der Waals surface area contributed by atoms with Gasteiger partial charge in [0.15, 0.2) is 0 Å². The summed E-state index contributed by atoms with van der Waals surface area (Å²) >= 11 is 0. The monoisotopic (exact) mass is 159 g/mol. The van der Waals surface area contributed by atoms with E-state index in [1.807, 2.05) is 18.2 Å². The van der Waals surface area contributed by atoms with Crippen molar-refractivity contribution in [3.8, 4) is 6.07 Å². The second-order valence-corrected chi connectivity index (χ2v) is 2.76. The lowest BCUT2D eigenvalue weighted by Crippen LogP contribution is -2.27. The molecule has 3 heteroatoms. The first kappa shape index (κ1) is 7.14. The van der Waals surface area contributed by atoms with Crippen molar-refractivity contribution in [2.45, 2.75) is 6.54 Å². The van der Waals surface area contributed by atoms with Crippen LogP contribution in [0.1, 0.15) is 11.1 Å². The van der Waals surface area contributed by atoms with Crippen LogP contribution in [-0.4, -0.2) is 6.67 Å². The second kappa shape index (κ2) is 2.84. The Bertz CT molecular complexity index is 338. The summed E-state index contributed by atoms with van der Waals surface area (Å²) in [4.78, 5) is 0. The van der Waals surface area contributed by atoms with Gasteiger partial charge in [0, 0.05) is 12.2 Å². The Balaban J connectivity index is 2.44. The van der Waals surface area contributed by atoms with Gasteiger partial charge in [0.1, 0.15) is 0 Å². The van der Waals surface area contributed by atoms with E-state index in [0.29, 0.717) is 0 Å². The van der Waals surface area contributed by atoms with Gasteiger partial charge in [-0.15, -0.1) is 0 Å². The maximum atomic E-state index is 8.65. The van der Waals surface area contributed by atoms with Crippen molar-refractivity contribution in [1.29, 1.82) is 5.26 Å². The lowest BCUT2D eigenvalue weighted by Gasteiger charge is -2.18. The zero-order chi connectivity index (χ0) is 8.39. The molecule has 0 aliphatic carbocycles. The van der Waals surface area contributed by atoms with E-state index in [-0.39, 0.29) is 0 Å². The van der Waals surface area contributed by atoms with E-state index in [0.717, 1.165) is 24.5 Å². The Hall–Kier alpha value is -1.53. The van der Waals surface area contributed by atoms with E-state index in [4.69, 9.17) is 5.26 Å². The van der Waals surface area contributed by atoms with Crippen LogP contribution >= 0.6 is 0 Å². The summed E-state index contributed by atoms with van der Waals surface area (Å²) in [6.45, 7) is 1.65. The van der Waals surface area contributed by atoms with Crippen molar-refractivity contribution in [2.24, 2.45) is 0 Å². The lowest BCUT2D eigenvalue weighted by molar-refractivity contribution is 0.709. The molecule has 1 aliphatic rings. The summed E-state index contributed by atoms with van der Waals surface area (Å²) in [5.41, 5.74) is 3.02.